The van der Waals surface area contributed by atoms with Crippen molar-refractivity contribution in [3.8, 4) is 22.8 Å². The molecule has 0 unspecified atom stereocenters. The zero-order valence-electron chi connectivity index (χ0n) is 64.4. The molecule has 6 nitrogen and oxygen atoms in total. The van der Waals surface area contributed by atoms with Crippen LogP contribution in [-0.4, -0.2) is 37.7 Å². The van der Waals surface area contributed by atoms with Crippen LogP contribution >= 0.6 is 47.6 Å². The maximum atomic E-state index is 9.59. The van der Waals surface area contributed by atoms with Crippen LogP contribution in [0.3, 0.4) is 0 Å². The minimum absolute atomic E-state index is 0. The Morgan fingerprint density at radius 3 is 0.649 bits per heavy atom. The number of aryl methyl sites for hydroxylation is 2. The Kier molecular flexibility index (Phi) is 35.4. The number of phenolic OH excluding ortho intramolecular Hbond substituents is 2. The molecule has 2 N–H and O–H groups in total. The summed E-state index contributed by atoms with van der Waals surface area (Å²) in [6.07, 6.45) is 3.96. The van der Waals surface area contributed by atoms with Crippen molar-refractivity contribution in [1.29, 1.82) is 0 Å². The zero-order valence-corrected chi connectivity index (χ0v) is 71.1. The molecule has 3 heterocycles. The fourth-order valence-corrected chi connectivity index (χ4v) is 21.8. The molecule has 0 amide bonds. The Morgan fingerprint density at radius 2 is 0.465 bits per heavy atom. The van der Waals surface area contributed by atoms with Gasteiger partial charge in [-0.05, 0) is 187 Å². The fourth-order valence-electron chi connectivity index (χ4n) is 12.3. The summed E-state index contributed by atoms with van der Waals surface area (Å²) in [4.78, 5) is 0. The van der Waals surface area contributed by atoms with E-state index in [0.717, 1.165) is 21.3 Å². The molecule has 0 saturated carbocycles. The van der Waals surface area contributed by atoms with Gasteiger partial charge in [0.2, 0.25) is 0 Å². The fraction of sp³-hybridized carbons (Fsp3) is 0.0891. The molecule has 0 aliphatic carbocycles. The molecular formula is C101H98BBrN2O4P4Pd. The number of benzene rings is 14. The van der Waals surface area contributed by atoms with Crippen LogP contribution in [0.25, 0.3) is 11.3 Å². The van der Waals surface area contributed by atoms with Crippen molar-refractivity contribution in [1.82, 2.24) is 9.13 Å². The number of hydrogen-bond donors (Lipinski definition) is 2. The van der Waals surface area contributed by atoms with Gasteiger partial charge in [0, 0.05) is 58.1 Å². The largest absolute Gasteiger partial charge is 0.512 e. The van der Waals surface area contributed by atoms with Crippen molar-refractivity contribution in [2.45, 2.75) is 46.3 Å². The maximum absolute atomic E-state index is 9.59. The van der Waals surface area contributed by atoms with Gasteiger partial charge in [0.25, 0.3) is 0 Å². The zero-order chi connectivity index (χ0) is 78.2. The molecule has 0 radical (unpaired) electrons. The van der Waals surface area contributed by atoms with E-state index in [1.807, 2.05) is 84.2 Å². The molecule has 0 atom stereocenters. The Balaban J connectivity index is 0.000000154. The van der Waals surface area contributed by atoms with Gasteiger partial charge in [0.15, 0.2) is 0 Å². The van der Waals surface area contributed by atoms with E-state index in [9.17, 15) is 5.11 Å². The maximum Gasteiger partial charge on any atom is 0.512 e. The minimum Gasteiger partial charge on any atom is -0.507 e. The summed E-state index contributed by atoms with van der Waals surface area (Å²) in [5.74, 6) is 0.608. The number of rotatable bonds is 14. The van der Waals surface area contributed by atoms with E-state index in [-0.39, 0.29) is 51.9 Å². The monoisotopic (exact) mass is 1720 g/mol. The quantitative estimate of drug-likeness (QED) is 0.0841. The molecule has 2 aromatic heterocycles. The van der Waals surface area contributed by atoms with Crippen LogP contribution in [-0.2, 0) is 43.8 Å². The summed E-state index contributed by atoms with van der Waals surface area (Å²) in [5, 5.41) is 35.2. The summed E-state index contributed by atoms with van der Waals surface area (Å²) in [7, 11) is 1.92. The van der Waals surface area contributed by atoms with Crippen molar-refractivity contribution >= 4 is 124 Å². The van der Waals surface area contributed by atoms with E-state index in [2.05, 4.69) is 408 Å². The van der Waals surface area contributed by atoms with E-state index >= 15 is 0 Å². The molecule has 1 aliphatic heterocycles. The Labute approximate surface area is 704 Å². The Hall–Kier alpha value is -9.91. The number of aromatic hydroxyl groups is 2. The van der Waals surface area contributed by atoms with Gasteiger partial charge < -0.3 is 28.7 Å². The van der Waals surface area contributed by atoms with Crippen molar-refractivity contribution in [2.24, 2.45) is 14.1 Å². The molecule has 576 valence electrons. The second-order valence-electron chi connectivity index (χ2n) is 27.0. The molecule has 114 heavy (non-hydrogen) atoms. The number of phenols is 2. The van der Waals surface area contributed by atoms with Gasteiger partial charge in [0.05, 0.1) is 21.4 Å². The molecule has 1 aliphatic rings. The van der Waals surface area contributed by atoms with Crippen LogP contribution in [0.2, 0.25) is 0 Å². The number of hydrogen-bond acceptors (Lipinski definition) is 4. The van der Waals surface area contributed by atoms with Crippen molar-refractivity contribution < 1.29 is 39.9 Å². The SMILES string of the molecule is C.Cn1cccc1-c1ccccc1O.Cn1cccc1B1OC(C)(C)C(C)(C)O1.Oc1ccccc1Br.[Pd].c1ccc(P(c2ccccc2)c2ccccc2)cc1.c1ccc(P(c2ccccc2)c2ccccc2)cc1.c1ccc(P(c2ccccc2)c2ccccc2)cc1.c1ccc(P(c2ccccc2)c2ccccc2)cc1. The first kappa shape index (κ1) is 88.0. The molecule has 0 bridgehead atoms. The summed E-state index contributed by atoms with van der Waals surface area (Å²) >= 11 is 3.15. The molecule has 17 rings (SSSR count). The molecular weight excluding hydrogens is 1630 g/mol. The smallest absolute Gasteiger partial charge is 0.507 e. The van der Waals surface area contributed by atoms with E-state index in [0.29, 0.717) is 5.75 Å². The minimum atomic E-state index is -0.446. The standard InChI is InChI=1S/4C18H15P.C11H18BNO2.C11H11NO.C6H5BrO.CH4.Pd/c4*1-4-10-16(11-5-1)19(17-12-6-2-7-13-17)18-14-8-3-9-15-18;1-10(2)11(3,4)15-12(14-10)9-7-6-8-13(9)5;1-12-8-4-6-10(12)9-5-2-3-7-11(9)13;7-5-3-1-2-4-6(5)8;;/h4*1-15H;6-8H,1-5H3;2-8,13H,1H3;1-4,8H;1H4;. The molecule has 14 aromatic carbocycles. The second-order valence-corrected chi connectivity index (χ2v) is 36.7. The summed E-state index contributed by atoms with van der Waals surface area (Å²) in [6.45, 7) is 8.26. The molecule has 0 spiro atoms. The summed E-state index contributed by atoms with van der Waals surface area (Å²) in [6, 6.07) is 152. The van der Waals surface area contributed by atoms with E-state index in [4.69, 9.17) is 14.4 Å². The van der Waals surface area contributed by atoms with Crippen molar-refractivity contribution in [3.05, 3.63) is 454 Å². The topological polar surface area (TPSA) is 68.8 Å². The normalized spacial score (nSPS) is 11.9. The van der Waals surface area contributed by atoms with Crippen LogP contribution in [0, 0.1) is 0 Å². The van der Waals surface area contributed by atoms with Crippen molar-refractivity contribution in [2.75, 3.05) is 0 Å². The number of halogens is 1. The average molecular weight is 1720 g/mol. The number of para-hydroxylation sites is 2. The van der Waals surface area contributed by atoms with Crippen molar-refractivity contribution in [3.63, 3.8) is 0 Å². The first-order chi connectivity index (χ1) is 54.7. The summed E-state index contributed by atoms with van der Waals surface area (Å²) < 4.78 is 16.6. The van der Waals surface area contributed by atoms with E-state index in [1.165, 1.54) is 63.7 Å². The van der Waals surface area contributed by atoms with Crippen LogP contribution < -0.4 is 69.2 Å². The van der Waals surface area contributed by atoms with Crippen LogP contribution in [0.4, 0.5) is 0 Å². The molecule has 1 fully saturated rings. The summed E-state index contributed by atoms with van der Waals surface area (Å²) in [5.41, 5.74) is 2.44. The third-order valence-corrected chi connectivity index (χ3v) is 29.1. The first-order valence-corrected chi connectivity index (χ1v) is 43.5. The van der Waals surface area contributed by atoms with Gasteiger partial charge >= 0.3 is 7.12 Å². The first-order valence-electron chi connectivity index (χ1n) is 37.3. The van der Waals surface area contributed by atoms with Gasteiger partial charge in [-0.2, -0.15) is 0 Å². The predicted octanol–water partition coefficient (Wildman–Crippen LogP) is 20.3. The van der Waals surface area contributed by atoms with E-state index < -0.39 is 31.7 Å². The average Bonchev–Trinajstić information content (AvgIpc) is 1.60. The van der Waals surface area contributed by atoms with Crippen LogP contribution in [0.5, 0.6) is 11.5 Å². The molecule has 13 heteroatoms. The number of aromatic nitrogens is 2. The number of nitrogens with zero attached hydrogens (tertiary/aromatic N) is 2. The third-order valence-electron chi connectivity index (χ3n) is 18.6. The second kappa shape index (κ2) is 45.8. The Morgan fingerprint density at radius 1 is 0.263 bits per heavy atom. The van der Waals surface area contributed by atoms with Gasteiger partial charge in [0.1, 0.15) is 11.5 Å². The van der Waals surface area contributed by atoms with Gasteiger partial charge in [-0.3, -0.25) is 0 Å². The molecule has 1 saturated heterocycles. The molecule has 16 aromatic rings. The van der Waals surface area contributed by atoms with Crippen LogP contribution in [0.15, 0.2) is 454 Å². The van der Waals surface area contributed by atoms with Gasteiger partial charge in [-0.25, -0.2) is 0 Å². The van der Waals surface area contributed by atoms with Crippen LogP contribution in [0.1, 0.15) is 35.1 Å². The van der Waals surface area contributed by atoms with Gasteiger partial charge in [-0.15, -0.1) is 0 Å². The third kappa shape index (κ3) is 25.3. The van der Waals surface area contributed by atoms with E-state index in [1.54, 1.807) is 24.3 Å². The predicted molar refractivity (Wildman–Crippen MR) is 497 cm³/mol. The Bertz CT molecular complexity index is 4420. The van der Waals surface area contributed by atoms with Gasteiger partial charge in [-0.1, -0.05) is 396 Å².